The van der Waals surface area contributed by atoms with Gasteiger partial charge in [0.05, 0.1) is 5.69 Å². The standard InChI is InChI=1S/C17H21F2N5/c1-3-23-6-8-24(9-7-23)17-20-12(2)10-16(22-17)21-15-5-4-13(18)11-14(15)19/h4-5,10-11H,3,6-9H2,1-2H3,(H,20,21,22). The third-order valence-corrected chi connectivity index (χ3v) is 4.14. The Labute approximate surface area is 140 Å². The van der Waals surface area contributed by atoms with Gasteiger partial charge in [-0.1, -0.05) is 6.92 Å². The van der Waals surface area contributed by atoms with Gasteiger partial charge in [-0.05, 0) is 25.6 Å². The Morgan fingerprint density at radius 2 is 1.83 bits per heavy atom. The molecule has 0 bridgehead atoms. The number of aryl methyl sites for hydroxylation is 1. The van der Waals surface area contributed by atoms with Crippen LogP contribution in [0.1, 0.15) is 12.6 Å². The lowest BCUT2D eigenvalue weighted by Gasteiger charge is -2.34. The summed E-state index contributed by atoms with van der Waals surface area (Å²) in [4.78, 5) is 13.5. The maximum atomic E-state index is 13.8. The van der Waals surface area contributed by atoms with E-state index >= 15 is 0 Å². The Hall–Kier alpha value is -2.28. The molecule has 24 heavy (non-hydrogen) atoms. The average Bonchev–Trinajstić information content (AvgIpc) is 2.57. The lowest BCUT2D eigenvalue weighted by molar-refractivity contribution is 0.270. The zero-order chi connectivity index (χ0) is 17.1. The van der Waals surface area contributed by atoms with E-state index in [0.717, 1.165) is 44.5 Å². The summed E-state index contributed by atoms with van der Waals surface area (Å²) < 4.78 is 26.8. The first-order chi connectivity index (χ1) is 11.5. The highest BCUT2D eigenvalue weighted by molar-refractivity contribution is 5.58. The van der Waals surface area contributed by atoms with Crippen LogP contribution in [0.5, 0.6) is 0 Å². The molecule has 1 aliphatic heterocycles. The van der Waals surface area contributed by atoms with Gasteiger partial charge in [-0.15, -0.1) is 0 Å². The van der Waals surface area contributed by atoms with Crippen molar-refractivity contribution in [3.05, 3.63) is 41.6 Å². The summed E-state index contributed by atoms with van der Waals surface area (Å²) in [7, 11) is 0. The Balaban J connectivity index is 1.79. The number of rotatable bonds is 4. The fraction of sp³-hybridized carbons (Fsp3) is 0.412. The van der Waals surface area contributed by atoms with Crippen LogP contribution in [0.2, 0.25) is 0 Å². The van der Waals surface area contributed by atoms with Crippen LogP contribution in [-0.2, 0) is 0 Å². The highest BCUT2D eigenvalue weighted by Crippen LogP contribution is 2.22. The molecular weight excluding hydrogens is 312 g/mol. The van der Waals surface area contributed by atoms with Crippen molar-refractivity contribution >= 4 is 17.5 Å². The normalized spacial score (nSPS) is 15.6. The van der Waals surface area contributed by atoms with E-state index in [2.05, 4.69) is 32.0 Å². The highest BCUT2D eigenvalue weighted by atomic mass is 19.1. The summed E-state index contributed by atoms with van der Waals surface area (Å²) in [6.07, 6.45) is 0. The monoisotopic (exact) mass is 333 g/mol. The zero-order valence-electron chi connectivity index (χ0n) is 13.9. The second-order valence-corrected chi connectivity index (χ2v) is 5.87. The Morgan fingerprint density at radius 1 is 1.08 bits per heavy atom. The first-order valence-electron chi connectivity index (χ1n) is 8.10. The number of aromatic nitrogens is 2. The fourth-order valence-electron chi connectivity index (χ4n) is 2.75. The predicted molar refractivity (Wildman–Crippen MR) is 90.7 cm³/mol. The third-order valence-electron chi connectivity index (χ3n) is 4.14. The number of hydrogen-bond acceptors (Lipinski definition) is 5. The van der Waals surface area contributed by atoms with Crippen molar-refractivity contribution in [2.75, 3.05) is 42.9 Å². The minimum atomic E-state index is -0.649. The van der Waals surface area contributed by atoms with Crippen molar-refractivity contribution in [1.82, 2.24) is 14.9 Å². The van der Waals surface area contributed by atoms with Gasteiger partial charge >= 0.3 is 0 Å². The molecule has 2 aromatic rings. The molecule has 1 aliphatic rings. The number of hydrogen-bond donors (Lipinski definition) is 1. The van der Waals surface area contributed by atoms with Gasteiger partial charge in [0.25, 0.3) is 0 Å². The maximum Gasteiger partial charge on any atom is 0.227 e. The molecule has 0 spiro atoms. The summed E-state index contributed by atoms with van der Waals surface area (Å²) in [5.74, 6) is -0.118. The van der Waals surface area contributed by atoms with Gasteiger partial charge in [0.2, 0.25) is 5.95 Å². The van der Waals surface area contributed by atoms with E-state index in [9.17, 15) is 8.78 Å². The van der Waals surface area contributed by atoms with Crippen LogP contribution in [0.25, 0.3) is 0 Å². The van der Waals surface area contributed by atoms with Crippen molar-refractivity contribution in [3.8, 4) is 0 Å². The molecule has 0 atom stereocenters. The van der Waals surface area contributed by atoms with Crippen LogP contribution < -0.4 is 10.2 Å². The van der Waals surface area contributed by atoms with E-state index in [1.807, 2.05) is 6.92 Å². The van der Waals surface area contributed by atoms with E-state index in [-0.39, 0.29) is 5.69 Å². The lowest BCUT2D eigenvalue weighted by atomic mass is 10.3. The molecule has 0 radical (unpaired) electrons. The number of halogens is 2. The van der Waals surface area contributed by atoms with Crippen LogP contribution in [0, 0.1) is 18.6 Å². The molecule has 128 valence electrons. The summed E-state index contributed by atoms with van der Waals surface area (Å²) >= 11 is 0. The molecule has 1 N–H and O–H groups in total. The van der Waals surface area contributed by atoms with Gasteiger partial charge in [-0.25, -0.2) is 13.8 Å². The van der Waals surface area contributed by atoms with Gasteiger partial charge in [0.1, 0.15) is 17.5 Å². The van der Waals surface area contributed by atoms with Crippen LogP contribution in [0.15, 0.2) is 24.3 Å². The molecule has 0 saturated carbocycles. The van der Waals surface area contributed by atoms with Crippen LogP contribution in [-0.4, -0.2) is 47.6 Å². The molecule has 5 nitrogen and oxygen atoms in total. The number of nitrogens with zero attached hydrogens (tertiary/aromatic N) is 4. The second kappa shape index (κ2) is 7.09. The lowest BCUT2D eigenvalue weighted by Crippen LogP contribution is -2.46. The molecule has 1 aromatic carbocycles. The van der Waals surface area contributed by atoms with Crippen molar-refractivity contribution in [1.29, 1.82) is 0 Å². The smallest absolute Gasteiger partial charge is 0.227 e. The molecule has 7 heteroatoms. The van der Waals surface area contributed by atoms with Crippen molar-refractivity contribution in [2.24, 2.45) is 0 Å². The van der Waals surface area contributed by atoms with Gasteiger partial charge in [0, 0.05) is 44.0 Å². The summed E-state index contributed by atoms with van der Waals surface area (Å²) in [5.41, 5.74) is 0.985. The molecule has 1 fully saturated rings. The maximum absolute atomic E-state index is 13.8. The van der Waals surface area contributed by atoms with Crippen LogP contribution in [0.3, 0.4) is 0 Å². The minimum absolute atomic E-state index is 0.191. The van der Waals surface area contributed by atoms with E-state index in [1.54, 1.807) is 6.07 Å². The summed E-state index contributed by atoms with van der Waals surface area (Å²) in [6, 6.07) is 5.17. The van der Waals surface area contributed by atoms with E-state index in [1.165, 1.54) is 12.1 Å². The molecule has 2 heterocycles. The van der Waals surface area contributed by atoms with Crippen molar-refractivity contribution < 1.29 is 8.78 Å². The fourth-order valence-corrected chi connectivity index (χ4v) is 2.75. The van der Waals surface area contributed by atoms with E-state index in [0.29, 0.717) is 11.8 Å². The van der Waals surface area contributed by atoms with Crippen molar-refractivity contribution in [2.45, 2.75) is 13.8 Å². The average molecular weight is 333 g/mol. The number of anilines is 3. The molecular formula is C17H21F2N5. The van der Waals surface area contributed by atoms with Gasteiger partial charge in [-0.3, -0.25) is 0 Å². The number of nitrogens with one attached hydrogen (secondary N) is 1. The molecule has 1 saturated heterocycles. The third kappa shape index (κ3) is 3.79. The molecule has 0 unspecified atom stereocenters. The van der Waals surface area contributed by atoms with Gasteiger partial charge in [-0.2, -0.15) is 4.98 Å². The SMILES string of the molecule is CCN1CCN(c2nc(C)cc(Nc3ccc(F)cc3F)n2)CC1. The topological polar surface area (TPSA) is 44.3 Å². The van der Waals surface area contributed by atoms with Gasteiger partial charge < -0.3 is 15.1 Å². The molecule has 0 amide bonds. The first-order valence-corrected chi connectivity index (χ1v) is 8.10. The Kier molecular flexibility index (Phi) is 4.89. The van der Waals surface area contributed by atoms with E-state index < -0.39 is 11.6 Å². The number of likely N-dealkylation sites (N-methyl/N-ethyl adjacent to an activating group) is 1. The number of benzene rings is 1. The predicted octanol–water partition coefficient (Wildman–Crippen LogP) is 2.95. The molecule has 0 aliphatic carbocycles. The summed E-state index contributed by atoms with van der Waals surface area (Å²) in [5, 5.41) is 2.91. The first kappa shape index (κ1) is 16.6. The largest absolute Gasteiger partial charge is 0.338 e. The quantitative estimate of drug-likeness (QED) is 0.932. The van der Waals surface area contributed by atoms with E-state index in [4.69, 9.17) is 0 Å². The second-order valence-electron chi connectivity index (χ2n) is 5.87. The zero-order valence-corrected chi connectivity index (χ0v) is 13.9. The number of piperazine rings is 1. The highest BCUT2D eigenvalue weighted by Gasteiger charge is 2.18. The molecule has 3 rings (SSSR count). The summed E-state index contributed by atoms with van der Waals surface area (Å²) in [6.45, 7) is 8.74. The van der Waals surface area contributed by atoms with Crippen LogP contribution in [0.4, 0.5) is 26.2 Å². The van der Waals surface area contributed by atoms with Gasteiger partial charge in [0.15, 0.2) is 0 Å². The van der Waals surface area contributed by atoms with Crippen molar-refractivity contribution in [3.63, 3.8) is 0 Å². The Bertz CT molecular complexity index is 714. The molecule has 1 aromatic heterocycles. The minimum Gasteiger partial charge on any atom is -0.338 e. The van der Waals surface area contributed by atoms with Crippen LogP contribution >= 0.6 is 0 Å². The Morgan fingerprint density at radius 3 is 2.50 bits per heavy atom.